The second kappa shape index (κ2) is 8.52. The first-order chi connectivity index (χ1) is 5.52. The van der Waals surface area contributed by atoms with E-state index in [4.69, 9.17) is 0 Å². The van der Waals surface area contributed by atoms with E-state index in [-0.39, 0.29) is 12.4 Å². The monoisotopic (exact) mass is 207 g/mol. The van der Waals surface area contributed by atoms with E-state index < -0.39 is 0 Å². The fraction of sp³-hybridized carbons (Fsp3) is 0.900. The van der Waals surface area contributed by atoms with Crippen LogP contribution in [0.2, 0.25) is 0 Å². The molecule has 80 valence electrons. The van der Waals surface area contributed by atoms with Crippen LogP contribution in [0.1, 0.15) is 34.1 Å². The minimum absolute atomic E-state index is 0. The maximum atomic E-state index is 11.2. The summed E-state index contributed by atoms with van der Waals surface area (Å²) in [4.78, 5) is 11.2. The van der Waals surface area contributed by atoms with Gasteiger partial charge in [0.05, 0.1) is 6.54 Å². The van der Waals surface area contributed by atoms with E-state index in [0.29, 0.717) is 30.6 Å². The van der Waals surface area contributed by atoms with Gasteiger partial charge >= 0.3 is 0 Å². The van der Waals surface area contributed by atoms with Crippen molar-refractivity contribution in [2.45, 2.75) is 34.1 Å². The first-order valence-electron chi connectivity index (χ1n) is 4.74. The molecule has 0 saturated carbocycles. The molecule has 0 aliphatic rings. The highest BCUT2D eigenvalue weighted by Crippen LogP contribution is 1.99. The molecule has 3 heteroatoms. The number of nitrogens with one attached hydrogen (secondary N) is 1. The Labute approximate surface area is 87.9 Å². The molecule has 1 N–H and O–H groups in total. The van der Waals surface area contributed by atoms with Crippen molar-refractivity contribution in [3.05, 3.63) is 0 Å². The van der Waals surface area contributed by atoms with Crippen LogP contribution in [-0.2, 0) is 4.79 Å². The average Bonchev–Trinajstić information content (AvgIpc) is 1.84. The Balaban J connectivity index is 0. The zero-order valence-corrected chi connectivity index (χ0v) is 9.91. The number of hydrogen-bond acceptors (Lipinski definition) is 2. The van der Waals surface area contributed by atoms with E-state index in [2.05, 4.69) is 33.0 Å². The Morgan fingerprint density at radius 1 is 1.15 bits per heavy atom. The Bertz CT molecular complexity index is 135. The lowest BCUT2D eigenvalue weighted by Crippen LogP contribution is -2.27. The van der Waals surface area contributed by atoms with Crippen LogP contribution in [0.15, 0.2) is 0 Å². The van der Waals surface area contributed by atoms with E-state index in [1.807, 2.05) is 0 Å². The van der Waals surface area contributed by atoms with Gasteiger partial charge in [-0.1, -0.05) is 27.7 Å². The number of hydrogen-bond donors (Lipinski definition) is 1. The molecule has 0 saturated heterocycles. The fourth-order valence-electron chi connectivity index (χ4n) is 1.03. The number of carbonyl (C=O) groups excluding carboxylic acids is 1. The lowest BCUT2D eigenvalue weighted by Gasteiger charge is -2.07. The van der Waals surface area contributed by atoms with Crippen molar-refractivity contribution < 1.29 is 4.79 Å². The Morgan fingerprint density at radius 2 is 1.69 bits per heavy atom. The van der Waals surface area contributed by atoms with Crippen molar-refractivity contribution in [1.82, 2.24) is 5.32 Å². The normalized spacial score (nSPS) is 10.3. The quantitative estimate of drug-likeness (QED) is 0.724. The smallest absolute Gasteiger partial charge is 0.146 e. The second-order valence-corrected chi connectivity index (χ2v) is 4.16. The molecule has 0 unspecified atom stereocenters. The summed E-state index contributed by atoms with van der Waals surface area (Å²) in [5, 5.41) is 3.14. The molecular weight excluding hydrogens is 186 g/mol. The third-order valence-corrected chi connectivity index (χ3v) is 1.51. The van der Waals surface area contributed by atoms with Crippen LogP contribution in [0, 0.1) is 11.8 Å². The second-order valence-electron chi connectivity index (χ2n) is 4.16. The molecule has 13 heavy (non-hydrogen) atoms. The van der Waals surface area contributed by atoms with E-state index >= 15 is 0 Å². The average molecular weight is 208 g/mol. The van der Waals surface area contributed by atoms with Gasteiger partial charge in [0.1, 0.15) is 5.78 Å². The molecule has 0 aliphatic heterocycles. The number of halogens is 1. The molecule has 2 nitrogen and oxygen atoms in total. The first kappa shape index (κ1) is 15.4. The van der Waals surface area contributed by atoms with Crippen LogP contribution in [-0.4, -0.2) is 18.9 Å². The number of rotatable bonds is 6. The fourth-order valence-corrected chi connectivity index (χ4v) is 1.03. The van der Waals surface area contributed by atoms with Crippen molar-refractivity contribution in [1.29, 1.82) is 0 Å². The van der Waals surface area contributed by atoms with Crippen molar-refractivity contribution in [2.75, 3.05) is 13.1 Å². The summed E-state index contributed by atoms with van der Waals surface area (Å²) in [6, 6.07) is 0. The Kier molecular flexibility index (Phi) is 10.1. The van der Waals surface area contributed by atoms with Crippen LogP contribution in [0.5, 0.6) is 0 Å². The summed E-state index contributed by atoms with van der Waals surface area (Å²) in [7, 11) is 0. The molecule has 0 heterocycles. The highest BCUT2D eigenvalue weighted by atomic mass is 35.5. The van der Waals surface area contributed by atoms with E-state index in [9.17, 15) is 4.79 Å². The van der Waals surface area contributed by atoms with Gasteiger partial charge in [0, 0.05) is 6.42 Å². The maximum absolute atomic E-state index is 11.2. The standard InChI is InChI=1S/C10H21NO.ClH/c1-8(2)5-10(12)7-11-6-9(3)4;/h8-9,11H,5-7H2,1-4H3;1H. The van der Waals surface area contributed by atoms with Gasteiger partial charge < -0.3 is 5.32 Å². The molecule has 0 rings (SSSR count). The molecule has 0 spiro atoms. The molecule has 0 aliphatic carbocycles. The van der Waals surface area contributed by atoms with E-state index in [1.165, 1.54) is 0 Å². The molecular formula is C10H22ClNO. The highest BCUT2D eigenvalue weighted by Gasteiger charge is 2.04. The summed E-state index contributed by atoms with van der Waals surface area (Å²) < 4.78 is 0. The topological polar surface area (TPSA) is 29.1 Å². The van der Waals surface area contributed by atoms with Crippen molar-refractivity contribution in [2.24, 2.45) is 11.8 Å². The summed E-state index contributed by atoms with van der Waals surface area (Å²) in [6.07, 6.45) is 0.699. The van der Waals surface area contributed by atoms with Crippen molar-refractivity contribution in [3.63, 3.8) is 0 Å². The van der Waals surface area contributed by atoms with Gasteiger partial charge in [0.2, 0.25) is 0 Å². The number of carbonyl (C=O) groups is 1. The molecule has 0 radical (unpaired) electrons. The van der Waals surface area contributed by atoms with Gasteiger partial charge in [-0.15, -0.1) is 12.4 Å². The zero-order valence-electron chi connectivity index (χ0n) is 9.09. The lowest BCUT2D eigenvalue weighted by atomic mass is 10.1. The SMILES string of the molecule is CC(C)CNCC(=O)CC(C)C.Cl. The predicted octanol–water partition coefficient (Wildman–Crippen LogP) is 2.27. The summed E-state index contributed by atoms with van der Waals surface area (Å²) >= 11 is 0. The van der Waals surface area contributed by atoms with Crippen LogP contribution >= 0.6 is 12.4 Å². The molecule has 0 fully saturated rings. The minimum Gasteiger partial charge on any atom is -0.310 e. The summed E-state index contributed by atoms with van der Waals surface area (Å²) in [6.45, 7) is 9.89. The van der Waals surface area contributed by atoms with Crippen LogP contribution < -0.4 is 5.32 Å². The molecule has 0 atom stereocenters. The molecule has 0 aromatic rings. The van der Waals surface area contributed by atoms with Gasteiger partial charge in [0.15, 0.2) is 0 Å². The number of ketones is 1. The Hall–Kier alpha value is -0.0800. The lowest BCUT2D eigenvalue weighted by molar-refractivity contribution is -0.118. The highest BCUT2D eigenvalue weighted by molar-refractivity contribution is 5.85. The maximum Gasteiger partial charge on any atom is 0.146 e. The van der Waals surface area contributed by atoms with Crippen LogP contribution in [0.4, 0.5) is 0 Å². The van der Waals surface area contributed by atoms with Crippen LogP contribution in [0.3, 0.4) is 0 Å². The van der Waals surface area contributed by atoms with Gasteiger partial charge in [-0.25, -0.2) is 0 Å². The molecule has 0 aromatic heterocycles. The zero-order chi connectivity index (χ0) is 9.56. The van der Waals surface area contributed by atoms with Crippen LogP contribution in [0.25, 0.3) is 0 Å². The van der Waals surface area contributed by atoms with Gasteiger partial charge in [0.25, 0.3) is 0 Å². The van der Waals surface area contributed by atoms with E-state index in [0.717, 1.165) is 6.54 Å². The largest absolute Gasteiger partial charge is 0.310 e. The molecule has 0 bridgehead atoms. The van der Waals surface area contributed by atoms with Gasteiger partial charge in [-0.05, 0) is 18.4 Å². The van der Waals surface area contributed by atoms with Crippen molar-refractivity contribution >= 4 is 18.2 Å². The number of Topliss-reactive ketones (excluding diaryl/α,β-unsaturated/α-hetero) is 1. The first-order valence-corrected chi connectivity index (χ1v) is 4.74. The van der Waals surface area contributed by atoms with Gasteiger partial charge in [-0.2, -0.15) is 0 Å². The third kappa shape index (κ3) is 11.9. The predicted molar refractivity (Wildman–Crippen MR) is 59.4 cm³/mol. The Morgan fingerprint density at radius 3 is 2.08 bits per heavy atom. The molecule has 0 aromatic carbocycles. The summed E-state index contributed by atoms with van der Waals surface area (Å²) in [5.41, 5.74) is 0. The molecule has 0 amide bonds. The third-order valence-electron chi connectivity index (χ3n) is 1.51. The van der Waals surface area contributed by atoms with Gasteiger partial charge in [-0.3, -0.25) is 4.79 Å². The minimum atomic E-state index is 0. The van der Waals surface area contributed by atoms with Crippen molar-refractivity contribution in [3.8, 4) is 0 Å². The summed E-state index contributed by atoms with van der Waals surface area (Å²) in [5.74, 6) is 1.43. The van der Waals surface area contributed by atoms with E-state index in [1.54, 1.807) is 0 Å².